The zero-order valence-corrected chi connectivity index (χ0v) is 12.8. The van der Waals surface area contributed by atoms with Gasteiger partial charge in [-0.05, 0) is 24.5 Å². The molecule has 0 unspecified atom stereocenters. The average molecular weight is 297 g/mol. The molecule has 1 aliphatic rings. The first kappa shape index (κ1) is 15.0. The molecular formula is C14H19NO4S. The number of rotatable bonds is 3. The van der Waals surface area contributed by atoms with Crippen LogP contribution in [0.5, 0.6) is 0 Å². The highest BCUT2D eigenvalue weighted by atomic mass is 32.2. The van der Waals surface area contributed by atoms with Crippen molar-refractivity contribution in [2.45, 2.75) is 38.9 Å². The zero-order chi connectivity index (χ0) is 14.9. The van der Waals surface area contributed by atoms with Gasteiger partial charge < -0.3 is 4.74 Å². The largest absolute Gasteiger partial charge is 0.462 e. The van der Waals surface area contributed by atoms with Crippen molar-refractivity contribution in [2.24, 2.45) is 0 Å². The van der Waals surface area contributed by atoms with Crippen molar-refractivity contribution >= 4 is 15.8 Å². The van der Waals surface area contributed by atoms with Crippen molar-refractivity contribution in [3.63, 3.8) is 0 Å². The van der Waals surface area contributed by atoms with E-state index >= 15 is 0 Å². The highest BCUT2D eigenvalue weighted by Gasteiger charge is 2.26. The predicted molar refractivity (Wildman–Crippen MR) is 75.5 cm³/mol. The molecule has 1 aromatic heterocycles. The first-order valence-corrected chi connectivity index (χ1v) is 8.56. The van der Waals surface area contributed by atoms with Gasteiger partial charge >= 0.3 is 5.97 Å². The predicted octanol–water partition coefficient (Wildman–Crippen LogP) is 1.85. The maximum atomic E-state index is 12.0. The van der Waals surface area contributed by atoms with E-state index in [0.29, 0.717) is 23.2 Å². The second kappa shape index (κ2) is 5.52. The average Bonchev–Trinajstić information content (AvgIpc) is 2.36. The van der Waals surface area contributed by atoms with Gasteiger partial charge in [0.2, 0.25) is 0 Å². The molecule has 0 radical (unpaired) electrons. The van der Waals surface area contributed by atoms with E-state index in [1.165, 1.54) is 0 Å². The third-order valence-electron chi connectivity index (χ3n) is 3.29. The number of esters is 1. The molecule has 0 atom stereocenters. The number of carbonyl (C=O) groups is 1. The fourth-order valence-electron chi connectivity index (χ4n) is 2.32. The number of hydrogen-bond donors (Lipinski definition) is 0. The van der Waals surface area contributed by atoms with E-state index < -0.39 is 15.8 Å². The van der Waals surface area contributed by atoms with Crippen LogP contribution in [0.2, 0.25) is 0 Å². The molecule has 1 aromatic rings. The van der Waals surface area contributed by atoms with Crippen LogP contribution in [0.25, 0.3) is 0 Å². The molecule has 0 amide bonds. The number of aromatic nitrogens is 1. The van der Waals surface area contributed by atoms with Crippen LogP contribution in [0.4, 0.5) is 0 Å². The molecule has 0 bridgehead atoms. The monoisotopic (exact) mass is 297 g/mol. The third-order valence-corrected chi connectivity index (χ3v) is 4.87. The highest BCUT2D eigenvalue weighted by Crippen LogP contribution is 2.26. The van der Waals surface area contributed by atoms with E-state index in [1.54, 1.807) is 13.0 Å². The summed E-state index contributed by atoms with van der Waals surface area (Å²) >= 11 is 0. The van der Waals surface area contributed by atoms with Gasteiger partial charge in [0.1, 0.15) is 0 Å². The smallest absolute Gasteiger partial charge is 0.339 e. The Kier molecular flexibility index (Phi) is 4.13. The van der Waals surface area contributed by atoms with E-state index in [4.69, 9.17) is 4.74 Å². The molecule has 0 saturated heterocycles. The van der Waals surface area contributed by atoms with Gasteiger partial charge in [-0.15, -0.1) is 0 Å². The van der Waals surface area contributed by atoms with Crippen LogP contribution in [0.1, 0.15) is 54.0 Å². The maximum absolute atomic E-state index is 12.0. The molecule has 1 aliphatic heterocycles. The van der Waals surface area contributed by atoms with E-state index in [0.717, 1.165) is 5.69 Å². The summed E-state index contributed by atoms with van der Waals surface area (Å²) in [5.74, 6) is -0.267. The Labute approximate surface area is 119 Å². The molecule has 5 nitrogen and oxygen atoms in total. The number of aryl methyl sites for hydroxylation is 1. The standard InChI is InChI=1S/C14H19NO4S/c1-4-19-14(16)11-7-10-8-20(17,18)6-5-12(10)15-13(11)9(2)3/h7,9H,4-6,8H2,1-3H3. The molecule has 20 heavy (non-hydrogen) atoms. The topological polar surface area (TPSA) is 73.3 Å². The quantitative estimate of drug-likeness (QED) is 0.796. The van der Waals surface area contributed by atoms with Crippen LogP contribution in [0.15, 0.2) is 6.07 Å². The Bertz CT molecular complexity index is 635. The van der Waals surface area contributed by atoms with Crippen LogP contribution in [-0.2, 0) is 26.7 Å². The Balaban J connectivity index is 2.53. The summed E-state index contributed by atoms with van der Waals surface area (Å²) in [7, 11) is -3.08. The summed E-state index contributed by atoms with van der Waals surface area (Å²) in [4.78, 5) is 16.5. The number of pyridine rings is 1. The van der Waals surface area contributed by atoms with Crippen LogP contribution >= 0.6 is 0 Å². The molecule has 0 spiro atoms. The molecule has 110 valence electrons. The minimum absolute atomic E-state index is 0.0416. The minimum Gasteiger partial charge on any atom is -0.462 e. The van der Waals surface area contributed by atoms with E-state index in [-0.39, 0.29) is 24.0 Å². The van der Waals surface area contributed by atoms with Crippen LogP contribution < -0.4 is 0 Å². The molecule has 2 rings (SSSR count). The number of ether oxygens (including phenoxy) is 1. The second-order valence-electron chi connectivity index (χ2n) is 5.24. The first-order chi connectivity index (χ1) is 9.34. The lowest BCUT2D eigenvalue weighted by Crippen LogP contribution is -2.23. The fourth-order valence-corrected chi connectivity index (χ4v) is 3.70. The van der Waals surface area contributed by atoms with Crippen molar-refractivity contribution in [3.8, 4) is 0 Å². The Morgan fingerprint density at radius 3 is 2.75 bits per heavy atom. The minimum atomic E-state index is -3.08. The lowest BCUT2D eigenvalue weighted by molar-refractivity contribution is 0.0523. The van der Waals surface area contributed by atoms with Gasteiger partial charge in [0, 0.05) is 12.1 Å². The van der Waals surface area contributed by atoms with Gasteiger partial charge in [-0.25, -0.2) is 13.2 Å². The molecule has 2 heterocycles. The molecule has 0 aromatic carbocycles. The third kappa shape index (κ3) is 3.00. The van der Waals surface area contributed by atoms with E-state index in [2.05, 4.69) is 4.98 Å². The van der Waals surface area contributed by atoms with Gasteiger partial charge in [-0.2, -0.15) is 0 Å². The maximum Gasteiger partial charge on any atom is 0.339 e. The molecule has 0 N–H and O–H groups in total. The SMILES string of the molecule is CCOC(=O)c1cc2c(nc1C(C)C)CCS(=O)(=O)C2. The van der Waals surface area contributed by atoms with Crippen molar-refractivity contribution in [3.05, 3.63) is 28.6 Å². The molecule has 0 saturated carbocycles. The zero-order valence-electron chi connectivity index (χ0n) is 12.0. The summed E-state index contributed by atoms with van der Waals surface area (Å²) in [6.07, 6.45) is 0.417. The van der Waals surface area contributed by atoms with Gasteiger partial charge in [0.05, 0.1) is 29.4 Å². The number of hydrogen-bond acceptors (Lipinski definition) is 5. The molecule has 6 heteroatoms. The van der Waals surface area contributed by atoms with Crippen LogP contribution in [0, 0.1) is 0 Å². The molecule has 0 aliphatic carbocycles. The van der Waals surface area contributed by atoms with E-state index in [9.17, 15) is 13.2 Å². The summed E-state index contributed by atoms with van der Waals surface area (Å²) in [5.41, 5.74) is 2.49. The number of nitrogens with zero attached hydrogens (tertiary/aromatic N) is 1. The van der Waals surface area contributed by atoms with Crippen LogP contribution in [-0.4, -0.2) is 31.7 Å². The molecular weight excluding hydrogens is 278 g/mol. The van der Waals surface area contributed by atoms with Gasteiger partial charge in [-0.1, -0.05) is 13.8 Å². The molecule has 0 fully saturated rings. The Morgan fingerprint density at radius 1 is 1.45 bits per heavy atom. The van der Waals surface area contributed by atoms with Crippen molar-refractivity contribution in [2.75, 3.05) is 12.4 Å². The number of fused-ring (bicyclic) bond motifs is 1. The fraction of sp³-hybridized carbons (Fsp3) is 0.571. The summed E-state index contributed by atoms with van der Waals surface area (Å²) < 4.78 is 28.4. The van der Waals surface area contributed by atoms with E-state index in [1.807, 2.05) is 13.8 Å². The van der Waals surface area contributed by atoms with Gasteiger partial charge in [0.15, 0.2) is 9.84 Å². The first-order valence-electron chi connectivity index (χ1n) is 6.74. The number of carbonyl (C=O) groups excluding carboxylic acids is 1. The van der Waals surface area contributed by atoms with Crippen molar-refractivity contribution in [1.29, 1.82) is 0 Å². The normalized spacial score (nSPS) is 16.8. The summed E-state index contributed by atoms with van der Waals surface area (Å²) in [6.45, 7) is 5.93. The summed E-state index contributed by atoms with van der Waals surface area (Å²) in [5, 5.41) is 0. The lowest BCUT2D eigenvalue weighted by atomic mass is 10.00. The second-order valence-corrected chi connectivity index (χ2v) is 7.43. The van der Waals surface area contributed by atoms with Crippen molar-refractivity contribution in [1.82, 2.24) is 4.98 Å². The van der Waals surface area contributed by atoms with Crippen molar-refractivity contribution < 1.29 is 17.9 Å². The van der Waals surface area contributed by atoms with Gasteiger partial charge in [0.25, 0.3) is 0 Å². The number of sulfone groups is 1. The Morgan fingerprint density at radius 2 is 2.15 bits per heavy atom. The van der Waals surface area contributed by atoms with Gasteiger partial charge in [-0.3, -0.25) is 4.98 Å². The van der Waals surface area contributed by atoms with Crippen LogP contribution in [0.3, 0.4) is 0 Å². The Hall–Kier alpha value is -1.43. The lowest BCUT2D eigenvalue weighted by Gasteiger charge is -2.20. The summed E-state index contributed by atoms with van der Waals surface area (Å²) in [6, 6.07) is 1.65. The highest BCUT2D eigenvalue weighted by molar-refractivity contribution is 7.90.